The molecule has 2 aliphatic rings. The van der Waals surface area contributed by atoms with E-state index in [9.17, 15) is 4.79 Å². The third-order valence-electron chi connectivity index (χ3n) is 4.62. The number of ether oxygens (including phenoxy) is 1. The number of benzene rings is 1. The summed E-state index contributed by atoms with van der Waals surface area (Å²) in [6.07, 6.45) is 5.62. The maximum atomic E-state index is 12.3. The van der Waals surface area contributed by atoms with Gasteiger partial charge in [0.1, 0.15) is 0 Å². The van der Waals surface area contributed by atoms with Gasteiger partial charge in [-0.3, -0.25) is 4.79 Å². The molecule has 124 valence electrons. The van der Waals surface area contributed by atoms with E-state index in [0.29, 0.717) is 6.54 Å². The summed E-state index contributed by atoms with van der Waals surface area (Å²) < 4.78 is 5.37. The first-order valence-electron chi connectivity index (χ1n) is 8.39. The third-order valence-corrected chi connectivity index (χ3v) is 4.62. The summed E-state index contributed by atoms with van der Waals surface area (Å²) in [5.41, 5.74) is 7.97. The zero-order chi connectivity index (χ0) is 16.1. The van der Waals surface area contributed by atoms with Crippen LogP contribution in [0.5, 0.6) is 0 Å². The minimum absolute atomic E-state index is 0.0650. The van der Waals surface area contributed by atoms with Gasteiger partial charge in [0.05, 0.1) is 13.2 Å². The Bertz CT molecular complexity index is 550. The zero-order valence-electron chi connectivity index (χ0n) is 13.5. The third kappa shape index (κ3) is 3.92. The van der Waals surface area contributed by atoms with Crippen molar-refractivity contribution in [3.05, 3.63) is 35.9 Å². The molecule has 1 aromatic carbocycles. The molecule has 1 aromatic rings. The molecule has 0 aliphatic carbocycles. The lowest BCUT2D eigenvalue weighted by molar-refractivity contribution is -0.126. The van der Waals surface area contributed by atoms with Gasteiger partial charge in [0.25, 0.3) is 0 Å². The molecule has 2 heterocycles. The van der Waals surface area contributed by atoms with Gasteiger partial charge in [-0.15, -0.1) is 0 Å². The molecule has 5 heteroatoms. The first-order valence-corrected chi connectivity index (χ1v) is 8.39. The molecule has 1 unspecified atom stereocenters. The smallest absolute Gasteiger partial charge is 0.246 e. The zero-order valence-corrected chi connectivity index (χ0v) is 13.5. The highest BCUT2D eigenvalue weighted by Crippen LogP contribution is 2.19. The molecule has 0 aromatic heterocycles. The van der Waals surface area contributed by atoms with Crippen molar-refractivity contribution in [2.24, 2.45) is 5.73 Å². The van der Waals surface area contributed by atoms with Crippen LogP contribution >= 0.6 is 0 Å². The molecular weight excluding hydrogens is 290 g/mol. The standard InChI is InChI=1S/C18H25N3O2/c19-14-17-2-1-9-21(17)18(22)8-5-15-3-6-16(7-4-15)20-10-12-23-13-11-20/h3-8,17H,1-2,9-14,19H2. The number of morpholine rings is 1. The average molecular weight is 315 g/mol. The molecule has 5 nitrogen and oxygen atoms in total. The highest BCUT2D eigenvalue weighted by Gasteiger charge is 2.25. The van der Waals surface area contributed by atoms with E-state index in [4.69, 9.17) is 10.5 Å². The average Bonchev–Trinajstić information content (AvgIpc) is 3.10. The van der Waals surface area contributed by atoms with E-state index in [1.807, 2.05) is 11.0 Å². The Morgan fingerprint density at radius 2 is 1.96 bits per heavy atom. The number of rotatable bonds is 4. The number of amides is 1. The van der Waals surface area contributed by atoms with Crippen LogP contribution in [0.25, 0.3) is 6.08 Å². The monoisotopic (exact) mass is 315 g/mol. The van der Waals surface area contributed by atoms with Gasteiger partial charge in [-0.25, -0.2) is 0 Å². The lowest BCUT2D eigenvalue weighted by Crippen LogP contribution is -2.38. The van der Waals surface area contributed by atoms with Gasteiger partial charge in [-0.05, 0) is 36.6 Å². The number of nitrogens with two attached hydrogens (primary N) is 1. The normalized spacial score (nSPS) is 22.0. The van der Waals surface area contributed by atoms with Crippen LogP contribution in [0.3, 0.4) is 0 Å². The summed E-state index contributed by atoms with van der Waals surface area (Å²) in [6.45, 7) is 4.81. The summed E-state index contributed by atoms with van der Waals surface area (Å²) in [4.78, 5) is 16.5. The Labute approximate surface area is 137 Å². The first kappa shape index (κ1) is 16.0. The molecule has 2 fully saturated rings. The molecule has 3 rings (SSSR count). The molecular formula is C18H25N3O2. The molecule has 0 saturated carbocycles. The lowest BCUT2D eigenvalue weighted by atomic mass is 10.1. The van der Waals surface area contributed by atoms with E-state index < -0.39 is 0 Å². The van der Waals surface area contributed by atoms with Crippen molar-refractivity contribution in [1.29, 1.82) is 0 Å². The van der Waals surface area contributed by atoms with Crippen LogP contribution in [0.4, 0.5) is 5.69 Å². The van der Waals surface area contributed by atoms with Gasteiger partial charge in [0.15, 0.2) is 0 Å². The van der Waals surface area contributed by atoms with Crippen molar-refractivity contribution in [2.75, 3.05) is 44.3 Å². The maximum Gasteiger partial charge on any atom is 0.246 e. The molecule has 1 atom stereocenters. The topological polar surface area (TPSA) is 58.8 Å². The van der Waals surface area contributed by atoms with Gasteiger partial charge in [-0.1, -0.05) is 12.1 Å². The van der Waals surface area contributed by atoms with Crippen LogP contribution in [0.2, 0.25) is 0 Å². The highest BCUT2D eigenvalue weighted by atomic mass is 16.5. The first-order chi connectivity index (χ1) is 11.3. The Hall–Kier alpha value is -1.85. The Kier molecular flexibility index (Phi) is 5.31. The summed E-state index contributed by atoms with van der Waals surface area (Å²) in [6, 6.07) is 8.52. The van der Waals surface area contributed by atoms with E-state index in [1.54, 1.807) is 6.08 Å². The number of carbonyl (C=O) groups is 1. The predicted octanol–water partition coefficient (Wildman–Crippen LogP) is 1.49. The van der Waals surface area contributed by atoms with Crippen LogP contribution in [0.1, 0.15) is 18.4 Å². The van der Waals surface area contributed by atoms with Gasteiger partial charge in [0, 0.05) is 44.0 Å². The largest absolute Gasteiger partial charge is 0.378 e. The molecule has 0 spiro atoms. The van der Waals surface area contributed by atoms with Crippen LogP contribution in [0, 0.1) is 0 Å². The second-order valence-electron chi connectivity index (χ2n) is 6.09. The number of nitrogens with zero attached hydrogens (tertiary/aromatic N) is 2. The van der Waals surface area contributed by atoms with Crippen LogP contribution in [-0.4, -0.2) is 56.2 Å². The Morgan fingerprint density at radius 1 is 1.22 bits per heavy atom. The number of anilines is 1. The second-order valence-corrected chi connectivity index (χ2v) is 6.09. The van der Waals surface area contributed by atoms with Gasteiger partial charge >= 0.3 is 0 Å². The van der Waals surface area contributed by atoms with Crippen molar-refractivity contribution in [2.45, 2.75) is 18.9 Å². The Morgan fingerprint density at radius 3 is 2.65 bits per heavy atom. The second kappa shape index (κ2) is 7.62. The number of hydrogen-bond acceptors (Lipinski definition) is 4. The number of likely N-dealkylation sites (tertiary alicyclic amines) is 1. The van der Waals surface area contributed by atoms with E-state index in [2.05, 4.69) is 29.2 Å². The molecule has 2 N–H and O–H groups in total. The quantitative estimate of drug-likeness (QED) is 0.855. The fourth-order valence-electron chi connectivity index (χ4n) is 3.25. The van der Waals surface area contributed by atoms with Gasteiger partial charge in [0.2, 0.25) is 5.91 Å². The van der Waals surface area contributed by atoms with Crippen molar-refractivity contribution in [1.82, 2.24) is 4.90 Å². The van der Waals surface area contributed by atoms with Crippen LogP contribution < -0.4 is 10.6 Å². The minimum atomic E-state index is 0.0650. The van der Waals surface area contributed by atoms with E-state index in [1.165, 1.54) is 5.69 Å². The van der Waals surface area contributed by atoms with Gasteiger partial charge < -0.3 is 20.3 Å². The SMILES string of the molecule is NCC1CCCN1C(=O)C=Cc1ccc(N2CCOCC2)cc1. The summed E-state index contributed by atoms with van der Waals surface area (Å²) in [7, 11) is 0. The van der Waals surface area contributed by atoms with E-state index in [0.717, 1.165) is 51.3 Å². The molecule has 2 aliphatic heterocycles. The molecule has 2 saturated heterocycles. The molecule has 0 bridgehead atoms. The number of hydrogen-bond donors (Lipinski definition) is 1. The molecule has 0 radical (unpaired) electrons. The van der Waals surface area contributed by atoms with Crippen molar-refractivity contribution >= 4 is 17.7 Å². The lowest BCUT2D eigenvalue weighted by Gasteiger charge is -2.28. The minimum Gasteiger partial charge on any atom is -0.378 e. The Balaban J connectivity index is 1.60. The molecule has 1 amide bonds. The fraction of sp³-hybridized carbons (Fsp3) is 0.500. The fourth-order valence-corrected chi connectivity index (χ4v) is 3.25. The summed E-state index contributed by atoms with van der Waals surface area (Å²) >= 11 is 0. The predicted molar refractivity (Wildman–Crippen MR) is 92.3 cm³/mol. The van der Waals surface area contributed by atoms with E-state index >= 15 is 0 Å². The van der Waals surface area contributed by atoms with Crippen molar-refractivity contribution in [3.63, 3.8) is 0 Å². The van der Waals surface area contributed by atoms with E-state index in [-0.39, 0.29) is 11.9 Å². The van der Waals surface area contributed by atoms with Crippen LogP contribution in [0.15, 0.2) is 30.3 Å². The number of carbonyl (C=O) groups excluding carboxylic acids is 1. The van der Waals surface area contributed by atoms with Crippen molar-refractivity contribution in [3.8, 4) is 0 Å². The summed E-state index contributed by atoms with van der Waals surface area (Å²) in [5, 5.41) is 0. The van der Waals surface area contributed by atoms with Crippen LogP contribution in [-0.2, 0) is 9.53 Å². The molecule has 23 heavy (non-hydrogen) atoms. The summed E-state index contributed by atoms with van der Waals surface area (Å²) in [5.74, 6) is 0.0650. The highest BCUT2D eigenvalue weighted by molar-refractivity contribution is 5.92. The van der Waals surface area contributed by atoms with Crippen molar-refractivity contribution < 1.29 is 9.53 Å². The van der Waals surface area contributed by atoms with Gasteiger partial charge in [-0.2, -0.15) is 0 Å². The maximum absolute atomic E-state index is 12.3.